The Morgan fingerprint density at radius 1 is 1.25 bits per heavy atom. The third kappa shape index (κ3) is 3.21. The minimum Gasteiger partial charge on any atom is -0.382 e. The van der Waals surface area contributed by atoms with Gasteiger partial charge in [0.15, 0.2) is 5.82 Å². The summed E-state index contributed by atoms with van der Waals surface area (Å²) in [5.74, 6) is 1.06. The van der Waals surface area contributed by atoms with Crippen molar-refractivity contribution in [3.05, 3.63) is 71.2 Å². The number of nitrogen functional groups attached to an aromatic ring is 1. The van der Waals surface area contributed by atoms with E-state index in [0.29, 0.717) is 36.2 Å². The quantitative estimate of drug-likeness (QED) is 0.370. The van der Waals surface area contributed by atoms with E-state index in [1.807, 2.05) is 32.3 Å². The lowest BCUT2D eigenvalue weighted by molar-refractivity contribution is 0.517. The van der Waals surface area contributed by atoms with Gasteiger partial charge in [-0.3, -0.25) is 15.1 Å². The number of aryl methyl sites for hydroxylation is 2. The highest BCUT2D eigenvalue weighted by Gasteiger charge is 2.67. The van der Waals surface area contributed by atoms with E-state index in [4.69, 9.17) is 16.9 Å². The summed E-state index contributed by atoms with van der Waals surface area (Å²) in [5, 5.41) is 14.2. The van der Waals surface area contributed by atoms with Gasteiger partial charge in [-0.25, -0.2) is 14.4 Å². The van der Waals surface area contributed by atoms with E-state index in [-0.39, 0.29) is 23.3 Å². The molecule has 3 atom stereocenters. The van der Waals surface area contributed by atoms with E-state index in [0.717, 1.165) is 35.0 Å². The first-order chi connectivity index (χ1) is 17.3. The average molecular weight is 486 g/mol. The summed E-state index contributed by atoms with van der Waals surface area (Å²) in [7, 11) is 1.88. The number of nitrogens with zero attached hydrogens (tertiary/aromatic N) is 6. The van der Waals surface area contributed by atoms with Crippen LogP contribution >= 0.6 is 0 Å². The molecule has 0 spiro atoms. The Morgan fingerprint density at radius 2 is 2.08 bits per heavy atom. The number of nitrogens with two attached hydrogens (primary N) is 2. The van der Waals surface area contributed by atoms with Crippen LogP contribution < -0.4 is 16.4 Å². The Hall–Kier alpha value is -3.92. The number of pyridine rings is 1. The van der Waals surface area contributed by atoms with Gasteiger partial charge in [0, 0.05) is 55.4 Å². The van der Waals surface area contributed by atoms with Crippen molar-refractivity contribution in [2.24, 2.45) is 24.6 Å². The maximum atomic E-state index is 14.6. The van der Waals surface area contributed by atoms with Crippen molar-refractivity contribution in [1.29, 1.82) is 5.41 Å². The Morgan fingerprint density at radius 3 is 2.83 bits per heavy atom. The zero-order valence-corrected chi connectivity index (χ0v) is 20.2. The molecular weight excluding hydrogens is 457 g/mol. The van der Waals surface area contributed by atoms with Crippen LogP contribution in [0.5, 0.6) is 0 Å². The molecule has 0 amide bonds. The van der Waals surface area contributed by atoms with Crippen LogP contribution in [0.4, 0.5) is 16.0 Å². The zero-order valence-electron chi connectivity index (χ0n) is 20.2. The zero-order chi connectivity index (χ0) is 25.2. The fourth-order valence-corrected chi connectivity index (χ4v) is 6.15. The number of hydrogen-bond acceptors (Lipinski definition) is 8. The van der Waals surface area contributed by atoms with Crippen molar-refractivity contribution in [2.45, 2.75) is 18.8 Å². The Bertz CT molecular complexity index is 1510. The lowest BCUT2D eigenvalue weighted by atomic mass is 9.95. The average Bonchev–Trinajstić information content (AvgIpc) is 3.36. The molecule has 1 aromatic carbocycles. The number of nitrogens with one attached hydrogen (secondary N) is 1. The summed E-state index contributed by atoms with van der Waals surface area (Å²) in [6, 6.07) is 6.84. The standard InChI is InChI=1S/C26H28FN9/c1-14-15(5-6-20-16(14)11-35(2)34-20)22(29)23-25(30)33-21(10-32-23)36-9-7-17-18(12-36)26(17,13-28)24-19(27)4-3-8-31-24/h3-6,8,10-11,17-18,29H,7,9,12-13,28H2,1-2H3,(H2,30,33)/t17-,18+,26+/m1/s1. The van der Waals surface area contributed by atoms with Gasteiger partial charge in [0.25, 0.3) is 0 Å². The highest BCUT2D eigenvalue weighted by Crippen LogP contribution is 2.63. The first-order valence-electron chi connectivity index (χ1n) is 12.1. The van der Waals surface area contributed by atoms with Gasteiger partial charge in [-0.15, -0.1) is 0 Å². The highest BCUT2D eigenvalue weighted by atomic mass is 19.1. The van der Waals surface area contributed by atoms with Crippen molar-refractivity contribution in [3.63, 3.8) is 0 Å². The normalized spacial score (nSPS) is 23.1. The number of rotatable bonds is 5. The molecule has 10 heteroatoms. The van der Waals surface area contributed by atoms with Crippen LogP contribution in [0, 0.1) is 30.0 Å². The molecule has 0 bridgehead atoms. The number of benzene rings is 1. The predicted molar refractivity (Wildman–Crippen MR) is 137 cm³/mol. The fraction of sp³-hybridized carbons (Fsp3) is 0.346. The number of aromatic nitrogens is 5. The van der Waals surface area contributed by atoms with Crippen LogP contribution in [0.1, 0.15) is 28.9 Å². The molecular formula is C26H28FN9. The van der Waals surface area contributed by atoms with Gasteiger partial charge in [0.1, 0.15) is 17.3 Å². The van der Waals surface area contributed by atoms with Gasteiger partial charge >= 0.3 is 0 Å². The Labute approximate surface area is 207 Å². The van der Waals surface area contributed by atoms with Gasteiger partial charge < -0.3 is 16.4 Å². The largest absolute Gasteiger partial charge is 0.382 e. The van der Waals surface area contributed by atoms with Crippen molar-refractivity contribution in [2.75, 3.05) is 30.3 Å². The van der Waals surface area contributed by atoms with Gasteiger partial charge in [0.05, 0.1) is 23.1 Å². The number of piperidine rings is 1. The summed E-state index contributed by atoms with van der Waals surface area (Å²) in [5.41, 5.74) is 15.7. The summed E-state index contributed by atoms with van der Waals surface area (Å²) < 4.78 is 16.4. The molecule has 6 rings (SSSR count). The minimum atomic E-state index is -0.441. The van der Waals surface area contributed by atoms with Crippen molar-refractivity contribution >= 4 is 28.3 Å². The Kier molecular flexibility index (Phi) is 5.04. The van der Waals surface area contributed by atoms with Crippen LogP contribution in [0.15, 0.2) is 42.9 Å². The van der Waals surface area contributed by atoms with Crippen LogP contribution in [0.25, 0.3) is 10.9 Å². The van der Waals surface area contributed by atoms with Crippen LogP contribution in [0.2, 0.25) is 0 Å². The third-order valence-electron chi connectivity index (χ3n) is 8.05. The molecule has 4 aromatic rings. The summed E-state index contributed by atoms with van der Waals surface area (Å²) in [4.78, 5) is 15.7. The number of halogens is 1. The van der Waals surface area contributed by atoms with Crippen molar-refractivity contribution < 1.29 is 4.39 Å². The van der Waals surface area contributed by atoms with E-state index in [1.165, 1.54) is 6.07 Å². The fourth-order valence-electron chi connectivity index (χ4n) is 6.15. The summed E-state index contributed by atoms with van der Waals surface area (Å²) in [6.07, 6.45) is 6.11. The Balaban J connectivity index is 1.25. The lowest BCUT2D eigenvalue weighted by Crippen LogP contribution is -2.33. The number of anilines is 2. The molecule has 36 heavy (non-hydrogen) atoms. The molecule has 0 radical (unpaired) electrons. The molecule has 4 heterocycles. The van der Waals surface area contributed by atoms with E-state index in [1.54, 1.807) is 23.1 Å². The van der Waals surface area contributed by atoms with Crippen molar-refractivity contribution in [3.8, 4) is 0 Å². The highest BCUT2D eigenvalue weighted by molar-refractivity contribution is 6.14. The molecule has 184 valence electrons. The molecule has 5 N–H and O–H groups in total. The van der Waals surface area contributed by atoms with E-state index < -0.39 is 5.41 Å². The molecule has 9 nitrogen and oxygen atoms in total. The molecule has 1 saturated carbocycles. The third-order valence-corrected chi connectivity index (χ3v) is 8.05. The van der Waals surface area contributed by atoms with Crippen molar-refractivity contribution in [1.82, 2.24) is 24.7 Å². The SMILES string of the molecule is Cc1c(C(=N)c2ncc(N3CC[C@@H]4[C@H](C3)[C@@]4(CN)c3ncccc3F)nc2N)ccc2nn(C)cc12. The molecule has 0 unspecified atom stereocenters. The second-order valence-corrected chi connectivity index (χ2v) is 9.84. The van der Waals surface area contributed by atoms with Crippen LogP contribution in [0.3, 0.4) is 0 Å². The second-order valence-electron chi connectivity index (χ2n) is 9.84. The van der Waals surface area contributed by atoms with Gasteiger partial charge in [0.2, 0.25) is 0 Å². The van der Waals surface area contributed by atoms with E-state index >= 15 is 0 Å². The lowest BCUT2D eigenvalue weighted by Gasteiger charge is -2.27. The first kappa shape index (κ1) is 22.5. The molecule has 1 aliphatic heterocycles. The number of hydrogen-bond donors (Lipinski definition) is 3. The number of fused-ring (bicyclic) bond motifs is 2. The minimum absolute atomic E-state index is 0.190. The first-order valence-corrected chi connectivity index (χ1v) is 12.1. The maximum Gasteiger partial charge on any atom is 0.154 e. The van der Waals surface area contributed by atoms with Gasteiger partial charge in [-0.2, -0.15) is 5.10 Å². The van der Waals surface area contributed by atoms with Crippen LogP contribution in [-0.2, 0) is 12.5 Å². The molecule has 2 aliphatic rings. The van der Waals surface area contributed by atoms with Crippen LogP contribution in [-0.4, -0.2) is 50.1 Å². The smallest absolute Gasteiger partial charge is 0.154 e. The monoisotopic (exact) mass is 485 g/mol. The summed E-state index contributed by atoms with van der Waals surface area (Å²) in [6.45, 7) is 3.76. The summed E-state index contributed by atoms with van der Waals surface area (Å²) >= 11 is 0. The molecule has 2 fully saturated rings. The second kappa shape index (κ2) is 8.06. The molecule has 1 saturated heterocycles. The van der Waals surface area contributed by atoms with Gasteiger partial charge in [-0.05, 0) is 48.9 Å². The predicted octanol–water partition coefficient (Wildman–Crippen LogP) is 2.56. The topological polar surface area (TPSA) is 136 Å². The molecule has 1 aliphatic carbocycles. The van der Waals surface area contributed by atoms with Gasteiger partial charge in [-0.1, -0.05) is 6.07 Å². The maximum absolute atomic E-state index is 14.6. The van der Waals surface area contributed by atoms with E-state index in [9.17, 15) is 4.39 Å². The van der Waals surface area contributed by atoms with E-state index in [2.05, 4.69) is 25.0 Å². The molecule has 3 aromatic heterocycles.